The molecule has 0 saturated carbocycles. The van der Waals surface area contributed by atoms with E-state index >= 15 is 0 Å². The Kier molecular flexibility index (Phi) is 3.96. The van der Waals surface area contributed by atoms with Crippen molar-refractivity contribution in [2.75, 3.05) is 7.11 Å². The summed E-state index contributed by atoms with van der Waals surface area (Å²) in [6.07, 6.45) is 0. The second-order valence-electron chi connectivity index (χ2n) is 2.82. The summed E-state index contributed by atoms with van der Waals surface area (Å²) in [5, 5.41) is -0.537. The second-order valence-corrected chi connectivity index (χ2v) is 4.40. The zero-order valence-electron chi connectivity index (χ0n) is 7.88. The van der Waals surface area contributed by atoms with Crippen LogP contribution in [0, 0.1) is 0 Å². The van der Waals surface area contributed by atoms with Gasteiger partial charge in [-0.15, -0.1) is 11.6 Å². The fourth-order valence-corrected chi connectivity index (χ4v) is 1.54. The van der Waals surface area contributed by atoms with Gasteiger partial charge in [-0.2, -0.15) is 0 Å². The zero-order valence-corrected chi connectivity index (χ0v) is 10.2. The van der Waals surface area contributed by atoms with Gasteiger partial charge in [0.15, 0.2) is 5.78 Å². The van der Waals surface area contributed by atoms with Gasteiger partial charge in [0, 0.05) is 4.47 Å². The molecule has 0 fully saturated rings. The molecule has 0 aromatic heterocycles. The van der Waals surface area contributed by atoms with Crippen LogP contribution in [0.15, 0.2) is 22.7 Å². The lowest BCUT2D eigenvalue weighted by molar-refractivity contribution is 0.0989. The molecule has 0 spiro atoms. The molecule has 76 valence electrons. The lowest BCUT2D eigenvalue weighted by atomic mass is 10.1. The summed E-state index contributed by atoms with van der Waals surface area (Å²) in [5.74, 6) is 0.410. The lowest BCUT2D eigenvalue weighted by Crippen LogP contribution is -2.11. The molecule has 0 bridgehead atoms. The molecule has 1 rings (SSSR count). The van der Waals surface area contributed by atoms with Crippen LogP contribution in [0.5, 0.6) is 5.75 Å². The van der Waals surface area contributed by atoms with Crippen LogP contribution >= 0.6 is 27.5 Å². The number of hydrogen-bond acceptors (Lipinski definition) is 2. The number of methoxy groups -OCH3 is 1. The Morgan fingerprint density at radius 1 is 1.57 bits per heavy atom. The molecule has 0 heterocycles. The highest BCUT2D eigenvalue weighted by Crippen LogP contribution is 2.25. The van der Waals surface area contributed by atoms with E-state index in [0.717, 1.165) is 4.47 Å². The first-order chi connectivity index (χ1) is 6.56. The predicted octanol–water partition coefficient (Wildman–Crippen LogP) is 3.27. The van der Waals surface area contributed by atoms with Crippen LogP contribution in [-0.2, 0) is 0 Å². The molecule has 0 aliphatic heterocycles. The summed E-state index contributed by atoms with van der Waals surface area (Å²) < 4.78 is 5.96. The third-order valence-electron chi connectivity index (χ3n) is 1.79. The third kappa shape index (κ3) is 2.49. The van der Waals surface area contributed by atoms with Gasteiger partial charge >= 0.3 is 0 Å². The number of benzene rings is 1. The van der Waals surface area contributed by atoms with Crippen molar-refractivity contribution in [1.82, 2.24) is 0 Å². The van der Waals surface area contributed by atoms with Crippen molar-refractivity contribution < 1.29 is 9.53 Å². The van der Waals surface area contributed by atoms with Crippen LogP contribution in [0.4, 0.5) is 0 Å². The van der Waals surface area contributed by atoms with Crippen LogP contribution in [0.25, 0.3) is 0 Å². The average Bonchev–Trinajstić information content (AvgIpc) is 2.16. The molecule has 2 nitrogen and oxygen atoms in total. The number of hydrogen-bond donors (Lipinski definition) is 0. The Labute approximate surface area is 96.3 Å². The molecule has 14 heavy (non-hydrogen) atoms. The normalized spacial score (nSPS) is 12.3. The van der Waals surface area contributed by atoms with E-state index in [0.29, 0.717) is 11.3 Å². The highest BCUT2D eigenvalue weighted by molar-refractivity contribution is 9.10. The largest absolute Gasteiger partial charge is 0.496 e. The van der Waals surface area contributed by atoms with E-state index in [9.17, 15) is 4.79 Å². The monoisotopic (exact) mass is 276 g/mol. The number of alkyl halides is 1. The Morgan fingerprint density at radius 3 is 2.71 bits per heavy atom. The summed E-state index contributed by atoms with van der Waals surface area (Å²) in [4.78, 5) is 11.6. The van der Waals surface area contributed by atoms with Crippen molar-refractivity contribution in [3.8, 4) is 5.75 Å². The van der Waals surface area contributed by atoms with Gasteiger partial charge < -0.3 is 4.74 Å². The standard InChI is InChI=1S/C10H10BrClO2/c1-6(12)10(13)8-4-3-7(11)5-9(8)14-2/h3-6H,1-2H3. The summed E-state index contributed by atoms with van der Waals surface area (Å²) in [6, 6.07) is 5.23. The van der Waals surface area contributed by atoms with E-state index in [2.05, 4.69) is 15.9 Å². The quantitative estimate of drug-likeness (QED) is 0.626. The van der Waals surface area contributed by atoms with E-state index in [4.69, 9.17) is 16.3 Å². The Morgan fingerprint density at radius 2 is 2.21 bits per heavy atom. The van der Waals surface area contributed by atoms with Gasteiger partial charge in [0.1, 0.15) is 5.75 Å². The topological polar surface area (TPSA) is 26.3 Å². The van der Waals surface area contributed by atoms with E-state index < -0.39 is 5.38 Å². The van der Waals surface area contributed by atoms with Crippen LogP contribution in [0.2, 0.25) is 0 Å². The van der Waals surface area contributed by atoms with Crippen molar-refractivity contribution in [3.05, 3.63) is 28.2 Å². The van der Waals surface area contributed by atoms with Gasteiger partial charge in [0.25, 0.3) is 0 Å². The summed E-state index contributed by atoms with van der Waals surface area (Å²) in [7, 11) is 1.53. The smallest absolute Gasteiger partial charge is 0.184 e. The van der Waals surface area contributed by atoms with Crippen molar-refractivity contribution in [2.24, 2.45) is 0 Å². The number of halogens is 2. The maximum absolute atomic E-state index is 11.6. The highest BCUT2D eigenvalue weighted by atomic mass is 79.9. The van der Waals surface area contributed by atoms with Gasteiger partial charge in [0.2, 0.25) is 0 Å². The SMILES string of the molecule is COc1cc(Br)ccc1C(=O)C(C)Cl. The Bertz CT molecular complexity index is 350. The van der Waals surface area contributed by atoms with Crippen LogP contribution in [0.3, 0.4) is 0 Å². The maximum atomic E-state index is 11.6. The minimum absolute atomic E-state index is 0.129. The number of ketones is 1. The van der Waals surface area contributed by atoms with E-state index in [1.54, 1.807) is 25.1 Å². The third-order valence-corrected chi connectivity index (χ3v) is 2.48. The van der Waals surface area contributed by atoms with Gasteiger partial charge in [-0.3, -0.25) is 4.79 Å². The van der Waals surface area contributed by atoms with Crippen LogP contribution < -0.4 is 4.74 Å². The Balaban J connectivity index is 3.14. The predicted molar refractivity (Wildman–Crippen MR) is 60.3 cm³/mol. The van der Waals surface area contributed by atoms with E-state index in [1.807, 2.05) is 0 Å². The molecule has 1 aromatic rings. The van der Waals surface area contributed by atoms with E-state index in [1.165, 1.54) is 7.11 Å². The van der Waals surface area contributed by atoms with Crippen molar-refractivity contribution in [1.29, 1.82) is 0 Å². The molecule has 1 aromatic carbocycles. The first-order valence-corrected chi connectivity index (χ1v) is 5.31. The molecule has 1 unspecified atom stereocenters. The van der Waals surface area contributed by atoms with Gasteiger partial charge in [-0.1, -0.05) is 15.9 Å². The molecule has 0 saturated heterocycles. The molecule has 0 aliphatic rings. The lowest BCUT2D eigenvalue weighted by Gasteiger charge is -2.08. The molecular weight excluding hydrogens is 267 g/mol. The minimum atomic E-state index is -0.537. The molecule has 4 heteroatoms. The minimum Gasteiger partial charge on any atom is -0.496 e. The summed E-state index contributed by atoms with van der Waals surface area (Å²) in [5.41, 5.74) is 0.512. The van der Waals surface area contributed by atoms with Gasteiger partial charge in [-0.25, -0.2) is 0 Å². The highest BCUT2D eigenvalue weighted by Gasteiger charge is 2.16. The van der Waals surface area contributed by atoms with Crippen molar-refractivity contribution in [3.63, 3.8) is 0 Å². The van der Waals surface area contributed by atoms with E-state index in [-0.39, 0.29) is 5.78 Å². The zero-order chi connectivity index (χ0) is 10.7. The maximum Gasteiger partial charge on any atom is 0.184 e. The average molecular weight is 278 g/mol. The van der Waals surface area contributed by atoms with Crippen molar-refractivity contribution in [2.45, 2.75) is 12.3 Å². The Hall–Kier alpha value is -0.540. The number of carbonyl (C=O) groups excluding carboxylic acids is 1. The number of ether oxygens (including phenoxy) is 1. The van der Waals surface area contributed by atoms with Gasteiger partial charge in [-0.05, 0) is 25.1 Å². The fourth-order valence-electron chi connectivity index (χ4n) is 1.08. The molecule has 0 radical (unpaired) electrons. The first-order valence-electron chi connectivity index (χ1n) is 4.08. The number of rotatable bonds is 3. The van der Waals surface area contributed by atoms with Crippen LogP contribution in [0.1, 0.15) is 17.3 Å². The van der Waals surface area contributed by atoms with Crippen molar-refractivity contribution >= 4 is 33.3 Å². The molecule has 0 amide bonds. The molecular formula is C10H10BrClO2. The number of carbonyl (C=O) groups is 1. The van der Waals surface area contributed by atoms with Gasteiger partial charge in [0.05, 0.1) is 18.1 Å². The van der Waals surface area contributed by atoms with Crippen LogP contribution in [-0.4, -0.2) is 18.3 Å². The number of Topliss-reactive ketones (excluding diaryl/α,β-unsaturated/α-hetero) is 1. The molecule has 1 atom stereocenters. The second kappa shape index (κ2) is 4.80. The first kappa shape index (κ1) is 11.5. The fraction of sp³-hybridized carbons (Fsp3) is 0.300. The molecule has 0 aliphatic carbocycles. The summed E-state index contributed by atoms with van der Waals surface area (Å²) >= 11 is 9.01. The molecule has 0 N–H and O–H groups in total. The summed E-state index contributed by atoms with van der Waals surface area (Å²) in [6.45, 7) is 1.64.